The van der Waals surface area contributed by atoms with Crippen molar-refractivity contribution in [2.75, 3.05) is 5.32 Å². The number of benzene rings is 2. The minimum atomic E-state index is -0.0724. The monoisotopic (exact) mass is 384 g/mol. The Kier molecular flexibility index (Phi) is 5.62. The number of hydrogen-bond donors (Lipinski definition) is 1. The Bertz CT molecular complexity index is 1080. The molecule has 144 valence electrons. The predicted molar refractivity (Wildman–Crippen MR) is 111 cm³/mol. The summed E-state index contributed by atoms with van der Waals surface area (Å²) in [4.78, 5) is 12.2. The first-order chi connectivity index (χ1) is 14.3. The first kappa shape index (κ1) is 18.4. The van der Waals surface area contributed by atoms with Crippen LogP contribution in [0.5, 0.6) is 0 Å². The number of nitrogens with one attached hydrogen (secondary N) is 1. The van der Waals surface area contributed by atoms with Gasteiger partial charge in [-0.3, -0.25) is 4.79 Å². The lowest BCUT2D eigenvalue weighted by Gasteiger charge is -2.04. The van der Waals surface area contributed by atoms with E-state index in [1.54, 1.807) is 36.6 Å². The first-order valence-corrected chi connectivity index (χ1v) is 9.29. The second-order valence-electron chi connectivity index (χ2n) is 6.54. The fourth-order valence-electron chi connectivity index (χ4n) is 2.85. The topological polar surface area (TPSA) is 73.0 Å². The molecule has 0 unspecified atom stereocenters. The number of aromatic nitrogens is 3. The van der Waals surface area contributed by atoms with Crippen LogP contribution in [-0.4, -0.2) is 20.8 Å². The van der Waals surface area contributed by atoms with Crippen LogP contribution in [0.25, 0.3) is 6.08 Å². The van der Waals surface area contributed by atoms with E-state index in [-0.39, 0.29) is 5.78 Å². The molecule has 0 aliphatic rings. The molecule has 0 saturated carbocycles. The molecule has 0 radical (unpaired) electrons. The highest BCUT2D eigenvalue weighted by atomic mass is 16.3. The van der Waals surface area contributed by atoms with Gasteiger partial charge in [-0.1, -0.05) is 35.5 Å². The zero-order chi connectivity index (χ0) is 19.9. The Morgan fingerprint density at radius 1 is 1.03 bits per heavy atom. The molecule has 1 N–H and O–H groups in total. The van der Waals surface area contributed by atoms with Gasteiger partial charge < -0.3 is 9.73 Å². The van der Waals surface area contributed by atoms with Crippen molar-refractivity contribution in [2.24, 2.45) is 0 Å². The number of ketones is 1. The maximum atomic E-state index is 12.2. The van der Waals surface area contributed by atoms with Crippen molar-refractivity contribution in [3.8, 4) is 0 Å². The normalized spacial score (nSPS) is 11.0. The molecule has 0 aliphatic carbocycles. The summed E-state index contributed by atoms with van der Waals surface area (Å²) in [6.45, 7) is 1.25. The third-order valence-electron chi connectivity index (χ3n) is 4.36. The highest BCUT2D eigenvalue weighted by Crippen LogP contribution is 2.13. The Labute approximate surface area is 168 Å². The van der Waals surface area contributed by atoms with Gasteiger partial charge in [0.15, 0.2) is 5.78 Å². The Morgan fingerprint density at radius 3 is 2.62 bits per heavy atom. The van der Waals surface area contributed by atoms with Gasteiger partial charge in [-0.25, -0.2) is 4.68 Å². The summed E-state index contributed by atoms with van der Waals surface area (Å²) in [5.74, 6) is 0.578. The SMILES string of the molecule is O=C(/C=C/c1ccco1)c1ccc(NCc2cn(Cc3ccccc3)nn2)cc1. The summed E-state index contributed by atoms with van der Waals surface area (Å²) in [7, 11) is 0. The molecule has 0 spiro atoms. The Morgan fingerprint density at radius 2 is 1.86 bits per heavy atom. The van der Waals surface area contributed by atoms with Gasteiger partial charge in [0.25, 0.3) is 0 Å². The lowest BCUT2D eigenvalue weighted by Crippen LogP contribution is -2.01. The molecule has 2 aromatic carbocycles. The van der Waals surface area contributed by atoms with Crippen LogP contribution < -0.4 is 5.32 Å². The van der Waals surface area contributed by atoms with Gasteiger partial charge in [-0.2, -0.15) is 0 Å². The van der Waals surface area contributed by atoms with Crippen molar-refractivity contribution in [3.63, 3.8) is 0 Å². The highest BCUT2D eigenvalue weighted by Gasteiger charge is 2.04. The summed E-state index contributed by atoms with van der Waals surface area (Å²) in [5.41, 5.74) is 3.56. The third kappa shape index (κ3) is 5.07. The van der Waals surface area contributed by atoms with Gasteiger partial charge >= 0.3 is 0 Å². The molecule has 2 heterocycles. The van der Waals surface area contributed by atoms with E-state index in [4.69, 9.17) is 4.42 Å². The molecule has 0 aliphatic heterocycles. The summed E-state index contributed by atoms with van der Waals surface area (Å²) in [5, 5.41) is 11.7. The van der Waals surface area contributed by atoms with Gasteiger partial charge in [-0.15, -0.1) is 5.10 Å². The molecular weight excluding hydrogens is 364 g/mol. The van der Waals surface area contributed by atoms with Crippen LogP contribution in [0.3, 0.4) is 0 Å². The number of allylic oxidation sites excluding steroid dienone is 1. The van der Waals surface area contributed by atoms with Crippen LogP contribution in [0, 0.1) is 0 Å². The minimum Gasteiger partial charge on any atom is -0.465 e. The number of rotatable bonds is 8. The summed E-state index contributed by atoms with van der Waals surface area (Å²) < 4.78 is 7.00. The standard InChI is InChI=1S/C23H20N4O2/c28-23(13-12-22-7-4-14-29-22)19-8-10-20(11-9-19)24-15-21-17-27(26-25-21)16-18-5-2-1-3-6-18/h1-14,17,24H,15-16H2/b13-12+. The van der Waals surface area contributed by atoms with Crippen LogP contribution in [-0.2, 0) is 13.1 Å². The zero-order valence-electron chi connectivity index (χ0n) is 15.7. The minimum absolute atomic E-state index is 0.0724. The number of anilines is 1. The van der Waals surface area contributed by atoms with E-state index in [1.807, 2.05) is 41.2 Å². The molecule has 0 bridgehead atoms. The fraction of sp³-hybridized carbons (Fsp3) is 0.0870. The van der Waals surface area contributed by atoms with E-state index in [0.29, 0.717) is 24.4 Å². The molecule has 0 amide bonds. The summed E-state index contributed by atoms with van der Waals surface area (Å²) in [6.07, 6.45) is 6.67. The van der Waals surface area contributed by atoms with Gasteiger partial charge in [0, 0.05) is 11.3 Å². The second-order valence-corrected chi connectivity index (χ2v) is 6.54. The van der Waals surface area contributed by atoms with Crippen LogP contribution in [0.4, 0.5) is 5.69 Å². The van der Waals surface area contributed by atoms with Crippen molar-refractivity contribution in [3.05, 3.63) is 108 Å². The smallest absolute Gasteiger partial charge is 0.185 e. The molecule has 0 fully saturated rings. The van der Waals surface area contributed by atoms with Gasteiger partial charge in [0.1, 0.15) is 11.5 Å². The van der Waals surface area contributed by atoms with Gasteiger partial charge in [0.05, 0.1) is 25.5 Å². The number of nitrogens with zero attached hydrogens (tertiary/aromatic N) is 3. The first-order valence-electron chi connectivity index (χ1n) is 9.29. The summed E-state index contributed by atoms with van der Waals surface area (Å²) in [6, 6.07) is 21.1. The van der Waals surface area contributed by atoms with E-state index < -0.39 is 0 Å². The molecule has 6 nitrogen and oxygen atoms in total. The average molecular weight is 384 g/mol. The van der Waals surface area contributed by atoms with E-state index in [0.717, 1.165) is 11.4 Å². The molecule has 4 aromatic rings. The quantitative estimate of drug-likeness (QED) is 0.359. The van der Waals surface area contributed by atoms with E-state index in [9.17, 15) is 4.79 Å². The van der Waals surface area contributed by atoms with Gasteiger partial charge in [0.2, 0.25) is 0 Å². The zero-order valence-corrected chi connectivity index (χ0v) is 15.7. The lowest BCUT2D eigenvalue weighted by atomic mass is 10.1. The van der Waals surface area contributed by atoms with E-state index >= 15 is 0 Å². The lowest BCUT2D eigenvalue weighted by molar-refractivity contribution is 0.104. The second kappa shape index (κ2) is 8.84. The van der Waals surface area contributed by atoms with Crippen molar-refractivity contribution in [1.82, 2.24) is 15.0 Å². The molecular formula is C23H20N4O2. The Hall–Kier alpha value is -3.93. The van der Waals surface area contributed by atoms with Crippen LogP contribution in [0.2, 0.25) is 0 Å². The maximum Gasteiger partial charge on any atom is 0.185 e. The Balaban J connectivity index is 1.31. The fourth-order valence-corrected chi connectivity index (χ4v) is 2.85. The van der Waals surface area contributed by atoms with Crippen molar-refractivity contribution < 1.29 is 9.21 Å². The average Bonchev–Trinajstić information content (AvgIpc) is 3.44. The number of carbonyl (C=O) groups excluding carboxylic acids is 1. The van der Waals surface area contributed by atoms with Crippen LogP contribution in [0.15, 0.2) is 89.7 Å². The van der Waals surface area contributed by atoms with Crippen molar-refractivity contribution in [1.29, 1.82) is 0 Å². The third-order valence-corrected chi connectivity index (χ3v) is 4.36. The largest absolute Gasteiger partial charge is 0.465 e. The van der Waals surface area contributed by atoms with E-state index in [1.165, 1.54) is 11.6 Å². The van der Waals surface area contributed by atoms with Crippen molar-refractivity contribution in [2.45, 2.75) is 13.1 Å². The molecule has 4 rings (SSSR count). The molecule has 2 aromatic heterocycles. The molecule has 0 atom stereocenters. The number of carbonyl (C=O) groups is 1. The number of hydrogen-bond acceptors (Lipinski definition) is 5. The van der Waals surface area contributed by atoms with E-state index in [2.05, 4.69) is 27.8 Å². The van der Waals surface area contributed by atoms with Crippen molar-refractivity contribution >= 4 is 17.5 Å². The predicted octanol–water partition coefficient (Wildman–Crippen LogP) is 4.43. The highest BCUT2D eigenvalue weighted by molar-refractivity contribution is 6.06. The summed E-state index contributed by atoms with van der Waals surface area (Å²) >= 11 is 0. The molecule has 29 heavy (non-hydrogen) atoms. The number of furan rings is 1. The molecule has 0 saturated heterocycles. The molecule has 6 heteroatoms. The van der Waals surface area contributed by atoms with Gasteiger partial charge in [-0.05, 0) is 54.1 Å². The van der Waals surface area contributed by atoms with Crippen LogP contribution in [0.1, 0.15) is 27.4 Å². The maximum absolute atomic E-state index is 12.2. The van der Waals surface area contributed by atoms with Crippen LogP contribution >= 0.6 is 0 Å².